The van der Waals surface area contributed by atoms with E-state index in [1.165, 1.54) is 5.56 Å². The normalized spacial score (nSPS) is 29.2. The van der Waals surface area contributed by atoms with Crippen molar-refractivity contribution in [2.45, 2.75) is 173 Å². The Labute approximate surface area is 277 Å². The van der Waals surface area contributed by atoms with Crippen LogP contribution in [-0.4, -0.2) is 75.9 Å². The van der Waals surface area contributed by atoms with Crippen LogP contribution in [0.15, 0.2) is 30.3 Å². The van der Waals surface area contributed by atoms with E-state index in [2.05, 4.69) is 60.6 Å². The van der Waals surface area contributed by atoms with E-state index in [0.29, 0.717) is 38.9 Å². The van der Waals surface area contributed by atoms with Gasteiger partial charge in [-0.1, -0.05) is 78.8 Å². The van der Waals surface area contributed by atoms with Gasteiger partial charge in [0, 0.05) is 44.8 Å². The van der Waals surface area contributed by atoms with Crippen LogP contribution in [0, 0.1) is 5.92 Å². The van der Waals surface area contributed by atoms with Crippen LogP contribution in [0.2, 0.25) is 36.3 Å². The van der Waals surface area contributed by atoms with E-state index in [4.69, 9.17) is 23.1 Å². The van der Waals surface area contributed by atoms with Gasteiger partial charge in [-0.3, -0.25) is 0 Å². The van der Waals surface area contributed by atoms with Gasteiger partial charge in [-0.2, -0.15) is 0 Å². The maximum absolute atomic E-state index is 11.0. The molecule has 2 N–H and O–H groups in total. The van der Waals surface area contributed by atoms with Crippen molar-refractivity contribution < 1.29 is 33.3 Å². The lowest BCUT2D eigenvalue weighted by molar-refractivity contribution is -0.350. The predicted octanol–water partition coefficient (Wildman–Crippen LogP) is 8.20. The summed E-state index contributed by atoms with van der Waals surface area (Å²) in [5.41, 5.74) is 0.728. The van der Waals surface area contributed by atoms with Gasteiger partial charge in [-0.15, -0.1) is 0 Å². The highest BCUT2D eigenvalue weighted by Crippen LogP contribution is 2.49. The van der Waals surface area contributed by atoms with Gasteiger partial charge in [0.25, 0.3) is 0 Å². The van der Waals surface area contributed by atoms with Crippen LogP contribution in [0.3, 0.4) is 0 Å². The summed E-state index contributed by atoms with van der Waals surface area (Å²) in [6.45, 7) is 19.0. The van der Waals surface area contributed by atoms with Gasteiger partial charge in [0.2, 0.25) is 0 Å². The van der Waals surface area contributed by atoms with Crippen molar-refractivity contribution in [3.8, 4) is 0 Å². The monoisotopic (exact) mass is 666 g/mol. The molecule has 1 aromatic carbocycles. The maximum atomic E-state index is 11.0. The molecule has 0 unspecified atom stereocenters. The molecular formula is C36H66O7Si2. The zero-order valence-corrected chi connectivity index (χ0v) is 31.8. The lowest BCUT2D eigenvalue weighted by atomic mass is 9.80. The van der Waals surface area contributed by atoms with E-state index in [1.807, 2.05) is 25.1 Å². The summed E-state index contributed by atoms with van der Waals surface area (Å²) in [6, 6.07) is 16.8. The summed E-state index contributed by atoms with van der Waals surface area (Å²) in [6.07, 6.45) is 3.13. The first kappa shape index (κ1) is 38.8. The van der Waals surface area contributed by atoms with E-state index >= 15 is 0 Å². The Hall–Kier alpha value is -0.626. The van der Waals surface area contributed by atoms with Crippen LogP contribution >= 0.6 is 0 Å². The highest BCUT2D eigenvalue weighted by atomic mass is 28.4. The van der Waals surface area contributed by atoms with Crippen LogP contribution in [-0.2, 0) is 29.7 Å². The Morgan fingerprint density at radius 3 is 2.07 bits per heavy atom. The van der Waals surface area contributed by atoms with Crippen molar-refractivity contribution in [1.29, 1.82) is 0 Å². The number of hydrogen-bond acceptors (Lipinski definition) is 7. The molecule has 1 spiro atoms. The van der Waals surface area contributed by atoms with E-state index in [0.717, 1.165) is 49.1 Å². The van der Waals surface area contributed by atoms with Crippen molar-refractivity contribution in [3.63, 3.8) is 0 Å². The Kier molecular flexibility index (Phi) is 15.2. The highest BCUT2D eigenvalue weighted by Gasteiger charge is 2.55. The number of aliphatic hydroxyl groups excluding tert-OH is 2. The number of benzene rings is 1. The minimum Gasteiger partial charge on any atom is -0.414 e. The van der Waals surface area contributed by atoms with Crippen molar-refractivity contribution >= 4 is 16.6 Å². The third kappa shape index (κ3) is 10.7. The average molecular weight is 667 g/mol. The molecule has 0 bridgehead atoms. The molecule has 7 nitrogen and oxygen atoms in total. The SMILES string of the molecule is CC[Si](CC)(CC)O[C@H]1C[C@H](CCOCc2ccccc2)O[C@@]2(C1)C[C@@](C)(O[Si](CC)(CC)CC)C[C@H](C[C@H](O)[C@@H](C)CO)O2. The third-order valence-corrected chi connectivity index (χ3v) is 20.5. The van der Waals surface area contributed by atoms with Crippen molar-refractivity contribution in [2.24, 2.45) is 5.92 Å². The second kappa shape index (κ2) is 17.7. The van der Waals surface area contributed by atoms with Crippen LogP contribution in [0.1, 0.15) is 99.5 Å². The Morgan fingerprint density at radius 2 is 1.49 bits per heavy atom. The second-order valence-electron chi connectivity index (χ2n) is 14.3. The van der Waals surface area contributed by atoms with Gasteiger partial charge >= 0.3 is 0 Å². The molecule has 2 heterocycles. The average Bonchev–Trinajstić information content (AvgIpc) is 3.04. The summed E-state index contributed by atoms with van der Waals surface area (Å²) in [7, 11) is -3.85. The summed E-state index contributed by atoms with van der Waals surface area (Å²) >= 11 is 0. The van der Waals surface area contributed by atoms with Gasteiger partial charge in [0.1, 0.15) is 0 Å². The number of hydrogen-bond donors (Lipinski definition) is 2. The molecule has 45 heavy (non-hydrogen) atoms. The van der Waals surface area contributed by atoms with E-state index in [9.17, 15) is 10.2 Å². The zero-order chi connectivity index (χ0) is 33.1. The molecule has 1 aromatic rings. The predicted molar refractivity (Wildman–Crippen MR) is 187 cm³/mol. The molecule has 0 aliphatic carbocycles. The molecule has 3 rings (SSSR count). The quantitative estimate of drug-likeness (QED) is 0.114. The molecule has 0 amide bonds. The van der Waals surface area contributed by atoms with Crippen LogP contribution in [0.4, 0.5) is 0 Å². The lowest BCUT2D eigenvalue weighted by Crippen LogP contribution is -2.62. The van der Waals surface area contributed by atoms with Gasteiger partial charge < -0.3 is 33.3 Å². The smallest absolute Gasteiger partial charge is 0.192 e. The first-order valence-electron chi connectivity index (χ1n) is 18.1. The molecule has 260 valence electrons. The minimum absolute atomic E-state index is 0.0409. The highest BCUT2D eigenvalue weighted by molar-refractivity contribution is 6.74. The summed E-state index contributed by atoms with van der Waals surface area (Å²) < 4.78 is 34.7. The van der Waals surface area contributed by atoms with Crippen molar-refractivity contribution in [3.05, 3.63) is 35.9 Å². The molecule has 2 saturated heterocycles. The molecule has 0 saturated carbocycles. The largest absolute Gasteiger partial charge is 0.414 e. The minimum atomic E-state index is -1.96. The standard InChI is InChI=1S/C36H66O7Si2/c1-9-44(10-2,11-3)42-33-22-31(20-21-39-27-30-18-16-15-17-19-30)40-36(25-33)28-35(8,43-45(12-4,13-5)14-6)24-32(41-36)23-34(38)29(7)26-37/h15-19,29,31-34,37-38H,9-14,20-28H2,1-8H3/t29-,31-,32-,33-,34-,35-,36+/m0/s1. The molecule has 0 aromatic heterocycles. The maximum Gasteiger partial charge on any atom is 0.192 e. The third-order valence-electron chi connectivity index (χ3n) is 11.0. The van der Waals surface area contributed by atoms with Crippen LogP contribution in [0.5, 0.6) is 0 Å². The van der Waals surface area contributed by atoms with E-state index < -0.39 is 34.1 Å². The number of rotatable bonds is 19. The summed E-state index contributed by atoms with van der Waals surface area (Å²) in [5.74, 6) is -1.09. The molecule has 0 radical (unpaired) electrons. The fraction of sp³-hybridized carbons (Fsp3) is 0.833. The zero-order valence-electron chi connectivity index (χ0n) is 29.8. The van der Waals surface area contributed by atoms with Gasteiger partial charge in [-0.05, 0) is 61.6 Å². The van der Waals surface area contributed by atoms with Crippen LogP contribution in [0.25, 0.3) is 0 Å². The molecule has 2 aliphatic rings. The molecular weight excluding hydrogens is 601 g/mol. The summed E-state index contributed by atoms with van der Waals surface area (Å²) in [5, 5.41) is 20.8. The molecule has 7 atom stereocenters. The molecule has 9 heteroatoms. The Bertz CT molecular complexity index is 959. The lowest BCUT2D eigenvalue weighted by Gasteiger charge is -2.56. The summed E-state index contributed by atoms with van der Waals surface area (Å²) in [4.78, 5) is 0. The number of ether oxygens (including phenoxy) is 3. The van der Waals surface area contributed by atoms with Crippen molar-refractivity contribution in [1.82, 2.24) is 0 Å². The first-order valence-corrected chi connectivity index (χ1v) is 23.2. The van der Waals surface area contributed by atoms with Gasteiger partial charge in [0.15, 0.2) is 22.4 Å². The second-order valence-corrected chi connectivity index (χ2v) is 23.7. The topological polar surface area (TPSA) is 86.6 Å². The fourth-order valence-corrected chi connectivity index (χ4v) is 13.8. The Morgan fingerprint density at radius 1 is 0.889 bits per heavy atom. The fourth-order valence-electron chi connectivity index (χ4n) is 7.74. The Balaban J connectivity index is 1.91. The van der Waals surface area contributed by atoms with Gasteiger partial charge in [0.05, 0.1) is 36.6 Å². The molecule has 2 fully saturated rings. The number of aliphatic hydroxyl groups is 2. The first-order chi connectivity index (χ1) is 21.5. The molecule has 2 aliphatic heterocycles. The van der Waals surface area contributed by atoms with Crippen LogP contribution < -0.4 is 0 Å². The van der Waals surface area contributed by atoms with E-state index in [-0.39, 0.29) is 30.8 Å². The van der Waals surface area contributed by atoms with Crippen molar-refractivity contribution in [2.75, 3.05) is 13.2 Å². The van der Waals surface area contributed by atoms with E-state index in [1.54, 1.807) is 0 Å². The van der Waals surface area contributed by atoms with Gasteiger partial charge in [-0.25, -0.2) is 0 Å².